The lowest BCUT2D eigenvalue weighted by Crippen LogP contribution is -2.52. The smallest absolute Gasteiger partial charge is 0.417 e. The first-order valence-electron chi connectivity index (χ1n) is 12.4. The highest BCUT2D eigenvalue weighted by molar-refractivity contribution is 6.02. The normalized spacial score (nSPS) is 24.3. The number of carbonyl (C=O) groups is 3. The van der Waals surface area contributed by atoms with E-state index >= 15 is 0 Å². The number of cyclic esters (lactones) is 1. The van der Waals surface area contributed by atoms with E-state index in [0.29, 0.717) is 5.76 Å². The van der Waals surface area contributed by atoms with Crippen LogP contribution in [-0.2, 0) is 19.1 Å². The van der Waals surface area contributed by atoms with E-state index in [0.717, 1.165) is 44.9 Å². The average molecular weight is 464 g/mol. The van der Waals surface area contributed by atoms with Crippen molar-refractivity contribution in [2.45, 2.75) is 104 Å². The summed E-state index contributed by atoms with van der Waals surface area (Å²) in [5.41, 5.74) is -0.790. The molecule has 1 fully saturated rings. The quantitative estimate of drug-likeness (QED) is 0.413. The zero-order chi connectivity index (χ0) is 24.6. The Morgan fingerprint density at radius 2 is 1.67 bits per heavy atom. The van der Waals surface area contributed by atoms with E-state index in [1.807, 2.05) is 19.9 Å². The van der Waals surface area contributed by atoms with Crippen molar-refractivity contribution < 1.29 is 29.0 Å². The van der Waals surface area contributed by atoms with Gasteiger partial charge in [-0.05, 0) is 64.2 Å². The number of ether oxygens (including phenoxy) is 2. The summed E-state index contributed by atoms with van der Waals surface area (Å²) in [5, 5.41) is 8.80. The number of carbonyl (C=O) groups excluding carboxylic acids is 3. The molecule has 2 heterocycles. The van der Waals surface area contributed by atoms with Crippen LogP contribution < -0.4 is 0 Å². The Kier molecular flexibility index (Phi) is 10.1. The molecule has 0 unspecified atom stereocenters. The Morgan fingerprint density at radius 3 is 2.27 bits per heavy atom. The lowest BCUT2D eigenvalue weighted by atomic mass is 9.87. The van der Waals surface area contributed by atoms with E-state index in [-0.39, 0.29) is 18.3 Å². The van der Waals surface area contributed by atoms with Gasteiger partial charge in [-0.3, -0.25) is 9.59 Å². The van der Waals surface area contributed by atoms with E-state index in [1.165, 1.54) is 17.4 Å². The molecule has 0 aromatic carbocycles. The summed E-state index contributed by atoms with van der Waals surface area (Å²) in [5.74, 6) is -0.933. The molecule has 2 amide bonds. The minimum absolute atomic E-state index is 0.00982. The SMILES string of the molecule is CC(C)[C@@H]1N(C(=O)[C@@H](C)[C@@H]2OC(=CCCCCCCCCCO)C=CC2=O)C(=O)OC1(C)C. The number of imide groups is 1. The molecule has 0 aromatic heterocycles. The molecule has 0 spiro atoms. The molecule has 1 N–H and O–H groups in total. The first-order valence-corrected chi connectivity index (χ1v) is 12.4. The molecule has 0 aliphatic carbocycles. The number of rotatable bonds is 12. The Hall–Kier alpha value is -2.15. The molecule has 2 rings (SSSR count). The summed E-state index contributed by atoms with van der Waals surface area (Å²) in [6.45, 7) is 9.39. The molecule has 0 saturated carbocycles. The largest absolute Gasteiger partial charge is 0.482 e. The van der Waals surface area contributed by atoms with Crippen LogP contribution >= 0.6 is 0 Å². The van der Waals surface area contributed by atoms with Crippen molar-refractivity contribution in [1.82, 2.24) is 4.90 Å². The summed E-state index contributed by atoms with van der Waals surface area (Å²) in [6, 6.07) is -0.409. The molecule has 33 heavy (non-hydrogen) atoms. The first kappa shape index (κ1) is 27.1. The molecule has 2 aliphatic rings. The molecule has 186 valence electrons. The van der Waals surface area contributed by atoms with E-state index in [4.69, 9.17) is 14.6 Å². The highest BCUT2D eigenvalue weighted by Crippen LogP contribution is 2.36. The van der Waals surface area contributed by atoms with Crippen LogP contribution in [0.4, 0.5) is 4.79 Å². The van der Waals surface area contributed by atoms with Crippen LogP contribution in [-0.4, -0.2) is 52.1 Å². The van der Waals surface area contributed by atoms with E-state index in [9.17, 15) is 14.4 Å². The zero-order valence-corrected chi connectivity index (χ0v) is 20.8. The van der Waals surface area contributed by atoms with Crippen molar-refractivity contribution in [3.63, 3.8) is 0 Å². The van der Waals surface area contributed by atoms with E-state index in [1.54, 1.807) is 26.8 Å². The number of aliphatic hydroxyl groups excluding tert-OH is 1. The van der Waals surface area contributed by atoms with Crippen LogP contribution in [0.25, 0.3) is 0 Å². The van der Waals surface area contributed by atoms with E-state index in [2.05, 4.69) is 0 Å². The highest BCUT2D eigenvalue weighted by Gasteiger charge is 2.53. The van der Waals surface area contributed by atoms with Gasteiger partial charge in [-0.15, -0.1) is 0 Å². The molecular weight excluding hydrogens is 422 g/mol. The van der Waals surface area contributed by atoms with Crippen molar-refractivity contribution >= 4 is 17.8 Å². The number of aliphatic hydroxyl groups is 1. The minimum Gasteiger partial charge on any atom is -0.482 e. The second kappa shape index (κ2) is 12.4. The van der Waals surface area contributed by atoms with Gasteiger partial charge in [0.05, 0.1) is 12.0 Å². The number of ketones is 1. The second-order valence-corrected chi connectivity index (χ2v) is 10.0. The zero-order valence-electron chi connectivity index (χ0n) is 20.8. The Bertz CT molecular complexity index is 754. The summed E-state index contributed by atoms with van der Waals surface area (Å²) in [7, 11) is 0. The van der Waals surface area contributed by atoms with Crippen molar-refractivity contribution in [2.24, 2.45) is 11.8 Å². The molecule has 0 bridgehead atoms. The first-order chi connectivity index (χ1) is 15.6. The molecule has 2 aliphatic heterocycles. The fourth-order valence-electron chi connectivity index (χ4n) is 4.79. The number of hydrogen-bond donors (Lipinski definition) is 1. The molecular formula is C26H41NO6. The van der Waals surface area contributed by atoms with Crippen molar-refractivity contribution in [2.75, 3.05) is 6.61 Å². The van der Waals surface area contributed by atoms with Crippen molar-refractivity contribution in [3.05, 3.63) is 24.0 Å². The molecule has 1 saturated heterocycles. The van der Waals surface area contributed by atoms with Crippen LogP contribution in [0.1, 0.15) is 86.0 Å². The third-order valence-electron chi connectivity index (χ3n) is 6.41. The number of nitrogens with zero attached hydrogens (tertiary/aromatic N) is 1. The van der Waals surface area contributed by atoms with Gasteiger partial charge in [0.15, 0.2) is 11.9 Å². The van der Waals surface area contributed by atoms with Crippen LogP contribution in [0, 0.1) is 11.8 Å². The number of hydrogen-bond acceptors (Lipinski definition) is 6. The molecule has 3 atom stereocenters. The Labute approximate surface area is 198 Å². The standard InChI is InChI=1S/C26H41NO6/c1-18(2)23-26(4,5)33-25(31)27(23)24(30)19(3)22-21(29)16-15-20(32-22)14-12-10-8-6-7-9-11-13-17-28/h14-16,18-19,22-23,28H,6-13,17H2,1-5H3/t19-,22-,23-/m0/s1. The van der Waals surface area contributed by atoms with Crippen molar-refractivity contribution in [1.29, 1.82) is 0 Å². The Morgan fingerprint density at radius 1 is 1.06 bits per heavy atom. The monoisotopic (exact) mass is 463 g/mol. The topological polar surface area (TPSA) is 93.1 Å². The van der Waals surface area contributed by atoms with Crippen LogP contribution in [0.5, 0.6) is 0 Å². The van der Waals surface area contributed by atoms with Gasteiger partial charge >= 0.3 is 6.09 Å². The van der Waals surface area contributed by atoms with Gasteiger partial charge in [-0.2, -0.15) is 0 Å². The summed E-state index contributed by atoms with van der Waals surface area (Å²) < 4.78 is 11.4. The summed E-state index contributed by atoms with van der Waals surface area (Å²) >= 11 is 0. The molecule has 7 nitrogen and oxygen atoms in total. The minimum atomic E-state index is -0.954. The van der Waals surface area contributed by atoms with Gasteiger partial charge in [-0.25, -0.2) is 9.69 Å². The third kappa shape index (κ3) is 7.16. The van der Waals surface area contributed by atoms with Crippen LogP contribution in [0.3, 0.4) is 0 Å². The maximum absolute atomic E-state index is 13.3. The maximum atomic E-state index is 13.3. The van der Waals surface area contributed by atoms with Gasteiger partial charge in [0.1, 0.15) is 11.4 Å². The van der Waals surface area contributed by atoms with Gasteiger partial charge in [0.2, 0.25) is 5.91 Å². The van der Waals surface area contributed by atoms with E-state index < -0.39 is 35.7 Å². The number of allylic oxidation sites excluding steroid dienone is 2. The van der Waals surface area contributed by atoms with Crippen LogP contribution in [0.2, 0.25) is 0 Å². The second-order valence-electron chi connectivity index (χ2n) is 10.0. The van der Waals surface area contributed by atoms with Gasteiger partial charge in [0.25, 0.3) is 0 Å². The summed E-state index contributed by atoms with van der Waals surface area (Å²) in [6.07, 6.45) is 11.9. The molecule has 7 heteroatoms. The predicted octanol–water partition coefficient (Wildman–Crippen LogP) is 4.93. The van der Waals surface area contributed by atoms with Gasteiger partial charge in [0, 0.05) is 6.61 Å². The molecule has 0 radical (unpaired) electrons. The molecule has 0 aromatic rings. The van der Waals surface area contributed by atoms with Crippen LogP contribution in [0.15, 0.2) is 24.0 Å². The average Bonchev–Trinajstić information content (AvgIpc) is 3.00. The number of unbranched alkanes of at least 4 members (excludes halogenated alkanes) is 7. The fourth-order valence-corrected chi connectivity index (χ4v) is 4.79. The van der Waals surface area contributed by atoms with Gasteiger partial charge in [-0.1, -0.05) is 46.0 Å². The lowest BCUT2D eigenvalue weighted by Gasteiger charge is -2.33. The van der Waals surface area contributed by atoms with Crippen molar-refractivity contribution in [3.8, 4) is 0 Å². The lowest BCUT2D eigenvalue weighted by molar-refractivity contribution is -0.143. The predicted molar refractivity (Wildman–Crippen MR) is 126 cm³/mol. The fraction of sp³-hybridized carbons (Fsp3) is 0.731. The summed E-state index contributed by atoms with van der Waals surface area (Å²) in [4.78, 5) is 39.5. The number of amides is 2. The Balaban J connectivity index is 1.92. The maximum Gasteiger partial charge on any atom is 0.417 e. The van der Waals surface area contributed by atoms with Gasteiger partial charge < -0.3 is 14.6 Å². The highest BCUT2D eigenvalue weighted by atomic mass is 16.6. The third-order valence-corrected chi connectivity index (χ3v) is 6.41.